The molecule has 138 valence electrons. The molecule has 0 aliphatic carbocycles. The molecule has 1 saturated heterocycles. The van der Waals surface area contributed by atoms with Gasteiger partial charge in [-0.3, -0.25) is 15.0 Å². The molecule has 0 spiro atoms. The van der Waals surface area contributed by atoms with Crippen LogP contribution in [0, 0.1) is 10.1 Å². The number of ether oxygens (including phenoxy) is 2. The molecule has 8 heteroatoms. The summed E-state index contributed by atoms with van der Waals surface area (Å²) in [5, 5.41) is 14.7. The molecule has 0 saturated carbocycles. The van der Waals surface area contributed by atoms with E-state index in [0.717, 1.165) is 37.9 Å². The summed E-state index contributed by atoms with van der Waals surface area (Å²) in [6, 6.07) is 5.31. The van der Waals surface area contributed by atoms with E-state index in [1.165, 1.54) is 13.2 Å². The summed E-state index contributed by atoms with van der Waals surface area (Å²) >= 11 is 0. The number of nitrogens with one attached hydrogen (secondary N) is 1. The van der Waals surface area contributed by atoms with Gasteiger partial charge in [0, 0.05) is 18.7 Å². The fourth-order valence-electron chi connectivity index (χ4n) is 2.98. The zero-order chi connectivity index (χ0) is 18.2. The molecule has 1 unspecified atom stereocenters. The van der Waals surface area contributed by atoms with Crippen molar-refractivity contribution in [3.63, 3.8) is 0 Å². The molecule has 25 heavy (non-hydrogen) atoms. The van der Waals surface area contributed by atoms with Crippen LogP contribution in [0.15, 0.2) is 18.2 Å². The SMILES string of the molecule is COC(=O)COc1ccc(CN(C)C2CCCNCC2)cc1[N+](=O)[O-]. The van der Waals surface area contributed by atoms with Crippen molar-refractivity contribution in [2.45, 2.75) is 31.8 Å². The molecule has 0 aromatic heterocycles. The summed E-state index contributed by atoms with van der Waals surface area (Å²) in [5.41, 5.74) is 0.703. The van der Waals surface area contributed by atoms with Crippen molar-refractivity contribution in [2.75, 3.05) is 33.9 Å². The van der Waals surface area contributed by atoms with Crippen molar-refractivity contribution in [2.24, 2.45) is 0 Å². The number of methoxy groups -OCH3 is 1. The second kappa shape index (κ2) is 9.33. The zero-order valence-electron chi connectivity index (χ0n) is 14.7. The maximum atomic E-state index is 11.3. The Balaban J connectivity index is 2.06. The molecule has 1 aliphatic heterocycles. The Labute approximate surface area is 147 Å². The van der Waals surface area contributed by atoms with Crippen molar-refractivity contribution >= 4 is 11.7 Å². The number of esters is 1. The highest BCUT2D eigenvalue weighted by Crippen LogP contribution is 2.29. The topological polar surface area (TPSA) is 93.9 Å². The van der Waals surface area contributed by atoms with E-state index in [0.29, 0.717) is 12.6 Å². The summed E-state index contributed by atoms with van der Waals surface area (Å²) in [4.78, 5) is 24.2. The van der Waals surface area contributed by atoms with Crippen LogP contribution in [0.2, 0.25) is 0 Å². The summed E-state index contributed by atoms with van der Waals surface area (Å²) in [7, 11) is 3.28. The van der Waals surface area contributed by atoms with Gasteiger partial charge < -0.3 is 14.8 Å². The summed E-state index contributed by atoms with van der Waals surface area (Å²) in [6.07, 6.45) is 3.32. The Kier molecular flexibility index (Phi) is 7.15. The maximum Gasteiger partial charge on any atom is 0.343 e. The van der Waals surface area contributed by atoms with Gasteiger partial charge in [-0.1, -0.05) is 6.07 Å². The van der Waals surface area contributed by atoms with E-state index in [9.17, 15) is 14.9 Å². The van der Waals surface area contributed by atoms with Crippen molar-refractivity contribution in [1.29, 1.82) is 0 Å². The van der Waals surface area contributed by atoms with Gasteiger partial charge >= 0.3 is 11.7 Å². The minimum Gasteiger partial charge on any atom is -0.475 e. The molecule has 1 heterocycles. The molecule has 0 radical (unpaired) electrons. The first-order valence-corrected chi connectivity index (χ1v) is 8.39. The zero-order valence-corrected chi connectivity index (χ0v) is 14.7. The lowest BCUT2D eigenvalue weighted by Gasteiger charge is -2.26. The van der Waals surface area contributed by atoms with Crippen molar-refractivity contribution in [3.05, 3.63) is 33.9 Å². The van der Waals surface area contributed by atoms with Gasteiger partial charge in [0.25, 0.3) is 0 Å². The largest absolute Gasteiger partial charge is 0.475 e. The van der Waals surface area contributed by atoms with Crippen LogP contribution in [0.3, 0.4) is 0 Å². The average Bonchev–Trinajstić information content (AvgIpc) is 2.89. The van der Waals surface area contributed by atoms with E-state index in [-0.39, 0.29) is 18.0 Å². The van der Waals surface area contributed by atoms with Gasteiger partial charge in [-0.2, -0.15) is 0 Å². The number of nitro groups is 1. The Morgan fingerprint density at radius 1 is 1.40 bits per heavy atom. The number of nitro benzene ring substituents is 1. The van der Waals surface area contributed by atoms with Gasteiger partial charge in [-0.05, 0) is 51.0 Å². The highest BCUT2D eigenvalue weighted by Gasteiger charge is 2.20. The normalized spacial score (nSPS) is 17.8. The first kappa shape index (κ1) is 19.1. The molecule has 1 atom stereocenters. The van der Waals surface area contributed by atoms with Gasteiger partial charge in [0.15, 0.2) is 12.4 Å². The second-order valence-electron chi connectivity index (χ2n) is 6.17. The van der Waals surface area contributed by atoms with Gasteiger partial charge in [0.2, 0.25) is 0 Å². The van der Waals surface area contributed by atoms with E-state index in [1.807, 2.05) is 7.05 Å². The summed E-state index contributed by atoms with van der Waals surface area (Å²) in [6.45, 7) is 2.31. The van der Waals surface area contributed by atoms with Crippen LogP contribution < -0.4 is 10.1 Å². The predicted molar refractivity (Wildman–Crippen MR) is 92.6 cm³/mol. The number of carbonyl (C=O) groups is 1. The van der Waals surface area contributed by atoms with E-state index >= 15 is 0 Å². The van der Waals surface area contributed by atoms with Crippen molar-refractivity contribution in [3.8, 4) is 5.75 Å². The van der Waals surface area contributed by atoms with E-state index < -0.39 is 10.9 Å². The smallest absolute Gasteiger partial charge is 0.343 e. The first-order valence-electron chi connectivity index (χ1n) is 8.39. The van der Waals surface area contributed by atoms with Gasteiger partial charge in [-0.25, -0.2) is 4.79 Å². The standard InChI is InChI=1S/C17H25N3O5/c1-19(14-4-3-8-18-9-7-14)11-13-5-6-16(15(10-13)20(22)23)25-12-17(21)24-2/h5-6,10,14,18H,3-4,7-9,11-12H2,1-2H3. The average molecular weight is 351 g/mol. The van der Waals surface area contributed by atoms with Crippen LogP contribution >= 0.6 is 0 Å². The molecule has 0 bridgehead atoms. The van der Waals surface area contributed by atoms with E-state index in [1.54, 1.807) is 12.1 Å². The number of benzene rings is 1. The molecule has 1 aliphatic rings. The maximum absolute atomic E-state index is 11.3. The highest BCUT2D eigenvalue weighted by atomic mass is 16.6. The Morgan fingerprint density at radius 2 is 2.20 bits per heavy atom. The molecule has 1 N–H and O–H groups in total. The quantitative estimate of drug-likeness (QED) is 0.454. The van der Waals surface area contributed by atoms with E-state index in [4.69, 9.17) is 4.74 Å². The van der Waals surface area contributed by atoms with Crippen molar-refractivity contribution in [1.82, 2.24) is 10.2 Å². The minimum atomic E-state index is -0.583. The van der Waals surface area contributed by atoms with Gasteiger partial charge in [-0.15, -0.1) is 0 Å². The van der Waals surface area contributed by atoms with Crippen LogP contribution in [-0.2, 0) is 16.1 Å². The third kappa shape index (κ3) is 5.68. The number of rotatable bonds is 7. The summed E-state index contributed by atoms with van der Waals surface area (Å²) in [5.74, 6) is -0.513. The van der Waals surface area contributed by atoms with Crippen LogP contribution in [-0.4, -0.2) is 55.7 Å². The number of carbonyl (C=O) groups excluding carboxylic acids is 1. The second-order valence-corrected chi connectivity index (χ2v) is 6.17. The van der Waals surface area contributed by atoms with E-state index in [2.05, 4.69) is 15.0 Å². The third-order valence-corrected chi connectivity index (χ3v) is 4.39. The predicted octanol–water partition coefficient (Wildman–Crippen LogP) is 1.72. The molecule has 1 aromatic carbocycles. The monoisotopic (exact) mass is 351 g/mol. The third-order valence-electron chi connectivity index (χ3n) is 4.39. The molecule has 1 fully saturated rings. The van der Waals surface area contributed by atoms with Gasteiger partial charge in [0.1, 0.15) is 0 Å². The Morgan fingerprint density at radius 3 is 2.92 bits per heavy atom. The highest BCUT2D eigenvalue weighted by molar-refractivity contribution is 5.71. The number of nitrogens with zero attached hydrogens (tertiary/aromatic N) is 2. The van der Waals surface area contributed by atoms with Crippen LogP contribution in [0.1, 0.15) is 24.8 Å². The molecular formula is C17H25N3O5. The fraction of sp³-hybridized carbons (Fsp3) is 0.588. The molecule has 2 rings (SSSR count). The lowest BCUT2D eigenvalue weighted by molar-refractivity contribution is -0.385. The number of hydrogen-bond donors (Lipinski definition) is 1. The minimum absolute atomic E-state index is 0.0699. The first-order chi connectivity index (χ1) is 12.0. The summed E-state index contributed by atoms with van der Waals surface area (Å²) < 4.78 is 9.69. The Bertz CT molecular complexity index is 600. The Hall–Kier alpha value is -2.19. The van der Waals surface area contributed by atoms with Crippen LogP contribution in [0.25, 0.3) is 0 Å². The molecular weight excluding hydrogens is 326 g/mol. The van der Waals surface area contributed by atoms with Crippen LogP contribution in [0.4, 0.5) is 5.69 Å². The van der Waals surface area contributed by atoms with Crippen molar-refractivity contribution < 1.29 is 19.2 Å². The fourth-order valence-corrected chi connectivity index (χ4v) is 2.98. The van der Waals surface area contributed by atoms with Gasteiger partial charge in [0.05, 0.1) is 12.0 Å². The molecule has 8 nitrogen and oxygen atoms in total. The van der Waals surface area contributed by atoms with Crippen LogP contribution in [0.5, 0.6) is 5.75 Å². The lowest BCUT2D eigenvalue weighted by atomic mass is 10.1. The number of hydrogen-bond acceptors (Lipinski definition) is 7. The molecule has 0 amide bonds. The lowest BCUT2D eigenvalue weighted by Crippen LogP contribution is -2.32. The molecule has 1 aromatic rings.